The largest absolute Gasteiger partial charge is 0.487 e. The number of aliphatic hydroxyl groups is 1. The van der Waals surface area contributed by atoms with Gasteiger partial charge in [-0.25, -0.2) is 0 Å². The molecule has 0 saturated carbocycles. The highest BCUT2D eigenvalue weighted by molar-refractivity contribution is 5.43. The van der Waals surface area contributed by atoms with E-state index in [0.717, 1.165) is 28.1 Å². The molecule has 0 aliphatic heterocycles. The Morgan fingerprint density at radius 2 is 1.68 bits per heavy atom. The molecular formula is C24H28N2O2. The summed E-state index contributed by atoms with van der Waals surface area (Å²) in [6.07, 6.45) is 2.04. The van der Waals surface area contributed by atoms with Crippen molar-refractivity contribution in [3.63, 3.8) is 0 Å². The molecule has 0 aliphatic carbocycles. The van der Waals surface area contributed by atoms with Crippen molar-refractivity contribution in [3.05, 3.63) is 94.8 Å². The van der Waals surface area contributed by atoms with Crippen LogP contribution >= 0.6 is 0 Å². The molecule has 3 aromatic rings. The van der Waals surface area contributed by atoms with E-state index in [0.29, 0.717) is 26.1 Å². The Hall–Kier alpha value is -2.69. The van der Waals surface area contributed by atoms with Crippen LogP contribution in [-0.4, -0.2) is 22.7 Å². The molecule has 1 heterocycles. The van der Waals surface area contributed by atoms with E-state index in [9.17, 15) is 5.11 Å². The number of aryl methyl sites for hydroxylation is 2. The predicted molar refractivity (Wildman–Crippen MR) is 112 cm³/mol. The van der Waals surface area contributed by atoms with Crippen molar-refractivity contribution in [3.8, 4) is 5.75 Å². The van der Waals surface area contributed by atoms with Gasteiger partial charge in [0.1, 0.15) is 12.4 Å². The highest BCUT2D eigenvalue weighted by Gasteiger charge is 2.09. The SMILES string of the molecule is Cc1cc(CNCC(O)Cc2ccccc2)cc(C)c1OCc1ccccn1. The molecule has 2 N–H and O–H groups in total. The van der Waals surface area contributed by atoms with E-state index in [4.69, 9.17) is 4.74 Å². The lowest BCUT2D eigenvalue weighted by molar-refractivity contribution is 0.171. The number of nitrogens with one attached hydrogen (secondary N) is 1. The fourth-order valence-electron chi connectivity index (χ4n) is 3.34. The highest BCUT2D eigenvalue weighted by Crippen LogP contribution is 2.25. The van der Waals surface area contributed by atoms with Gasteiger partial charge in [-0.05, 0) is 54.7 Å². The summed E-state index contributed by atoms with van der Waals surface area (Å²) in [4.78, 5) is 4.30. The summed E-state index contributed by atoms with van der Waals surface area (Å²) in [6, 6.07) is 20.2. The van der Waals surface area contributed by atoms with Gasteiger partial charge >= 0.3 is 0 Å². The van der Waals surface area contributed by atoms with Crippen LogP contribution in [0.5, 0.6) is 5.75 Å². The van der Waals surface area contributed by atoms with Crippen LogP contribution < -0.4 is 10.1 Å². The lowest BCUT2D eigenvalue weighted by Crippen LogP contribution is -2.28. The van der Waals surface area contributed by atoms with Crippen LogP contribution in [0.3, 0.4) is 0 Å². The third-order valence-corrected chi connectivity index (χ3v) is 4.63. The number of ether oxygens (including phenoxy) is 1. The van der Waals surface area contributed by atoms with Crippen molar-refractivity contribution in [2.45, 2.75) is 39.5 Å². The first-order valence-electron chi connectivity index (χ1n) is 9.67. The molecule has 0 saturated heterocycles. The molecular weight excluding hydrogens is 348 g/mol. The molecule has 1 aromatic heterocycles. The lowest BCUT2D eigenvalue weighted by Gasteiger charge is -2.15. The third kappa shape index (κ3) is 5.91. The van der Waals surface area contributed by atoms with Gasteiger partial charge < -0.3 is 15.2 Å². The molecule has 1 atom stereocenters. The summed E-state index contributed by atoms with van der Waals surface area (Å²) in [6.45, 7) is 5.87. The molecule has 0 bridgehead atoms. The maximum absolute atomic E-state index is 10.2. The van der Waals surface area contributed by atoms with E-state index >= 15 is 0 Å². The molecule has 0 amide bonds. The molecule has 0 fully saturated rings. The molecule has 3 rings (SSSR count). The Morgan fingerprint density at radius 3 is 2.36 bits per heavy atom. The van der Waals surface area contributed by atoms with Gasteiger partial charge in [-0.15, -0.1) is 0 Å². The molecule has 28 heavy (non-hydrogen) atoms. The van der Waals surface area contributed by atoms with Crippen LogP contribution in [0.25, 0.3) is 0 Å². The number of pyridine rings is 1. The number of nitrogens with zero attached hydrogens (tertiary/aromatic N) is 1. The number of aliphatic hydroxyl groups excluding tert-OH is 1. The maximum Gasteiger partial charge on any atom is 0.130 e. The Bertz CT molecular complexity index is 843. The number of benzene rings is 2. The van der Waals surface area contributed by atoms with E-state index < -0.39 is 6.10 Å². The fourth-order valence-corrected chi connectivity index (χ4v) is 3.34. The molecule has 0 radical (unpaired) electrons. The van der Waals surface area contributed by atoms with E-state index in [-0.39, 0.29) is 0 Å². The van der Waals surface area contributed by atoms with Crippen molar-refractivity contribution in [2.24, 2.45) is 0 Å². The minimum atomic E-state index is -0.398. The van der Waals surface area contributed by atoms with Crippen LogP contribution in [0, 0.1) is 13.8 Å². The van der Waals surface area contributed by atoms with E-state index in [2.05, 4.69) is 36.3 Å². The zero-order chi connectivity index (χ0) is 19.8. The van der Waals surface area contributed by atoms with Crippen molar-refractivity contribution < 1.29 is 9.84 Å². The van der Waals surface area contributed by atoms with Crippen molar-refractivity contribution >= 4 is 0 Å². The summed E-state index contributed by atoms with van der Waals surface area (Å²) in [5.74, 6) is 0.915. The second kappa shape index (κ2) is 10.0. The summed E-state index contributed by atoms with van der Waals surface area (Å²) in [7, 11) is 0. The van der Waals surface area contributed by atoms with Crippen LogP contribution in [0.2, 0.25) is 0 Å². The van der Waals surface area contributed by atoms with Gasteiger partial charge in [0.2, 0.25) is 0 Å². The zero-order valence-corrected chi connectivity index (χ0v) is 16.6. The smallest absolute Gasteiger partial charge is 0.130 e. The first-order valence-corrected chi connectivity index (χ1v) is 9.67. The second-order valence-electron chi connectivity index (χ2n) is 7.14. The van der Waals surface area contributed by atoms with Crippen LogP contribution in [0.15, 0.2) is 66.9 Å². The average Bonchev–Trinajstić information content (AvgIpc) is 2.69. The van der Waals surface area contributed by atoms with Gasteiger partial charge in [0.25, 0.3) is 0 Å². The minimum absolute atomic E-state index is 0.398. The number of aromatic nitrogens is 1. The summed E-state index contributed by atoms with van der Waals surface area (Å²) in [5, 5.41) is 13.6. The van der Waals surface area contributed by atoms with E-state index in [1.807, 2.05) is 48.5 Å². The second-order valence-corrected chi connectivity index (χ2v) is 7.14. The number of hydrogen-bond acceptors (Lipinski definition) is 4. The average molecular weight is 377 g/mol. The molecule has 0 spiro atoms. The Balaban J connectivity index is 1.51. The van der Waals surface area contributed by atoms with Gasteiger partial charge in [-0.3, -0.25) is 4.98 Å². The predicted octanol–water partition coefficient (Wildman–Crippen LogP) is 3.97. The minimum Gasteiger partial charge on any atom is -0.487 e. The van der Waals surface area contributed by atoms with Crippen molar-refractivity contribution in [1.29, 1.82) is 0 Å². The molecule has 2 aromatic carbocycles. The summed E-state index contributed by atoms with van der Waals surface area (Å²) < 4.78 is 5.99. The topological polar surface area (TPSA) is 54.4 Å². The van der Waals surface area contributed by atoms with Crippen LogP contribution in [0.1, 0.15) is 27.9 Å². The summed E-state index contributed by atoms with van der Waals surface area (Å²) in [5.41, 5.74) is 5.47. The van der Waals surface area contributed by atoms with Gasteiger partial charge in [-0.2, -0.15) is 0 Å². The maximum atomic E-state index is 10.2. The number of rotatable bonds is 9. The Kier molecular flexibility index (Phi) is 7.18. The molecule has 4 heteroatoms. The monoisotopic (exact) mass is 376 g/mol. The summed E-state index contributed by atoms with van der Waals surface area (Å²) >= 11 is 0. The molecule has 146 valence electrons. The van der Waals surface area contributed by atoms with Crippen LogP contribution in [-0.2, 0) is 19.6 Å². The Labute approximate surface area is 167 Å². The van der Waals surface area contributed by atoms with Gasteiger partial charge in [0, 0.05) is 19.3 Å². The molecule has 0 aliphatic rings. The van der Waals surface area contributed by atoms with Crippen molar-refractivity contribution in [2.75, 3.05) is 6.54 Å². The van der Waals surface area contributed by atoms with Gasteiger partial charge in [-0.1, -0.05) is 48.5 Å². The Morgan fingerprint density at radius 1 is 0.964 bits per heavy atom. The van der Waals surface area contributed by atoms with Gasteiger partial charge in [0.05, 0.1) is 11.8 Å². The highest BCUT2D eigenvalue weighted by atomic mass is 16.5. The number of hydrogen-bond donors (Lipinski definition) is 2. The van der Waals surface area contributed by atoms with Crippen LogP contribution in [0.4, 0.5) is 0 Å². The standard InChI is InChI=1S/C24H28N2O2/c1-18-12-21(15-25-16-23(27)14-20-8-4-3-5-9-20)13-19(2)24(18)28-17-22-10-6-7-11-26-22/h3-13,23,25,27H,14-17H2,1-2H3. The van der Waals surface area contributed by atoms with E-state index in [1.165, 1.54) is 5.56 Å². The normalized spacial score (nSPS) is 12.0. The molecule has 4 nitrogen and oxygen atoms in total. The third-order valence-electron chi connectivity index (χ3n) is 4.63. The lowest BCUT2D eigenvalue weighted by atomic mass is 10.1. The molecule has 1 unspecified atom stereocenters. The van der Waals surface area contributed by atoms with Gasteiger partial charge in [0.15, 0.2) is 0 Å². The first-order chi connectivity index (χ1) is 13.6. The quantitative estimate of drug-likeness (QED) is 0.593. The fraction of sp³-hybridized carbons (Fsp3) is 0.292. The zero-order valence-electron chi connectivity index (χ0n) is 16.6. The first kappa shape index (κ1) is 20.1. The van der Waals surface area contributed by atoms with Crippen molar-refractivity contribution in [1.82, 2.24) is 10.3 Å². The van der Waals surface area contributed by atoms with E-state index in [1.54, 1.807) is 6.20 Å².